The molecule has 1 N–H and O–H groups in total. The number of aryl methyl sites for hydroxylation is 1. The molecule has 10 rings (SSSR count). The van der Waals surface area contributed by atoms with Gasteiger partial charge >= 0.3 is 0 Å². The molecule has 5 aliphatic rings. The van der Waals surface area contributed by atoms with Gasteiger partial charge in [-0.15, -0.1) is 0 Å². The summed E-state index contributed by atoms with van der Waals surface area (Å²) in [4.78, 5) is 36.9. The minimum atomic E-state index is -1.07. The lowest BCUT2D eigenvalue weighted by Gasteiger charge is -2.65. The van der Waals surface area contributed by atoms with E-state index in [-0.39, 0.29) is 23.6 Å². The van der Waals surface area contributed by atoms with Gasteiger partial charge in [0.2, 0.25) is 5.91 Å². The minimum Gasteiger partial charge on any atom is -0.378 e. The molecule has 12 nitrogen and oxygen atoms in total. The van der Waals surface area contributed by atoms with E-state index in [9.17, 15) is 13.6 Å². The van der Waals surface area contributed by atoms with Gasteiger partial charge in [0.15, 0.2) is 5.65 Å². The van der Waals surface area contributed by atoms with Crippen LogP contribution in [0.15, 0.2) is 42.9 Å². The molecule has 14 heteroatoms. The molecule has 6 bridgehead atoms. The minimum absolute atomic E-state index is 0.0687. The number of likely N-dealkylation sites (N-methyl/N-ethyl adjacent to an activating group) is 1. The Kier molecular flexibility index (Phi) is 6.00. The molecule has 2 aliphatic heterocycles. The molecule has 0 radical (unpaired) electrons. The van der Waals surface area contributed by atoms with Crippen molar-refractivity contribution in [3.63, 3.8) is 0 Å². The first-order valence-electron chi connectivity index (χ1n) is 16.0. The lowest BCUT2D eigenvalue weighted by molar-refractivity contribution is -0.201. The normalized spacial score (nSPS) is 28.5. The molecule has 0 unspecified atom stereocenters. The van der Waals surface area contributed by atoms with Crippen LogP contribution >= 0.6 is 0 Å². The Hall–Kier alpha value is -4.72. The number of benzene rings is 1. The fourth-order valence-corrected chi connectivity index (χ4v) is 8.36. The van der Waals surface area contributed by atoms with Crippen LogP contribution < -0.4 is 10.2 Å². The zero-order valence-electron chi connectivity index (χ0n) is 26.3. The number of halogens is 2. The van der Waals surface area contributed by atoms with Gasteiger partial charge in [0.05, 0.1) is 46.5 Å². The van der Waals surface area contributed by atoms with E-state index in [1.54, 1.807) is 25.3 Å². The second-order valence-corrected chi connectivity index (χ2v) is 13.7. The zero-order chi connectivity index (χ0) is 32.2. The molecular weight excluding hydrogens is 606 g/mol. The summed E-state index contributed by atoms with van der Waals surface area (Å²) in [5.41, 5.74) is 1.79. The number of ether oxygens (including phenoxy) is 1. The summed E-state index contributed by atoms with van der Waals surface area (Å²) in [7, 11) is 3.42. The highest BCUT2D eigenvalue weighted by Crippen LogP contribution is 2.67. The van der Waals surface area contributed by atoms with E-state index >= 15 is 0 Å². The lowest BCUT2D eigenvalue weighted by atomic mass is 9.47. The molecule has 3 aliphatic carbocycles. The molecule has 4 fully saturated rings. The summed E-state index contributed by atoms with van der Waals surface area (Å²) >= 11 is 0. The number of anilines is 2. The Balaban J connectivity index is 1.13. The Bertz CT molecular complexity index is 2070. The molecule has 0 spiro atoms. The largest absolute Gasteiger partial charge is 0.378 e. The van der Waals surface area contributed by atoms with Gasteiger partial charge in [-0.2, -0.15) is 5.10 Å². The van der Waals surface area contributed by atoms with Crippen LogP contribution in [0.2, 0.25) is 0 Å². The van der Waals surface area contributed by atoms with E-state index in [0.29, 0.717) is 85.2 Å². The Morgan fingerprint density at radius 2 is 1.91 bits per heavy atom. The van der Waals surface area contributed by atoms with Gasteiger partial charge in [0.1, 0.15) is 41.3 Å². The number of hydrogen-bond acceptors (Lipinski definition) is 9. The predicted octanol–water partition coefficient (Wildman–Crippen LogP) is 3.83. The molecule has 6 heterocycles. The third kappa shape index (κ3) is 4.26. The number of aromatic nitrogens is 7. The van der Waals surface area contributed by atoms with E-state index in [0.717, 1.165) is 10.9 Å². The number of imidazole rings is 1. The van der Waals surface area contributed by atoms with Gasteiger partial charge in [-0.25, -0.2) is 33.4 Å². The average Bonchev–Trinajstić information content (AvgIpc) is 3.72. The second-order valence-electron chi connectivity index (χ2n) is 13.7. The molecule has 1 aromatic carbocycles. The maximum absolute atomic E-state index is 14.9. The Morgan fingerprint density at radius 1 is 1.09 bits per heavy atom. The summed E-state index contributed by atoms with van der Waals surface area (Å²) in [6.07, 6.45) is 4.71. The van der Waals surface area contributed by atoms with E-state index in [4.69, 9.17) is 9.72 Å². The fourth-order valence-electron chi connectivity index (χ4n) is 8.36. The van der Waals surface area contributed by atoms with Crippen molar-refractivity contribution in [1.29, 1.82) is 0 Å². The number of carbonyl (C=O) groups is 1. The highest BCUT2D eigenvalue weighted by Gasteiger charge is 2.71. The monoisotopic (exact) mass is 640 g/mol. The summed E-state index contributed by atoms with van der Waals surface area (Å²) in [5, 5.41) is 8.94. The van der Waals surface area contributed by atoms with Gasteiger partial charge in [0, 0.05) is 64.2 Å². The first kappa shape index (κ1) is 28.5. The van der Waals surface area contributed by atoms with E-state index < -0.39 is 17.5 Å². The topological polar surface area (TPSA) is 119 Å². The number of hydrogen-bond donors (Lipinski definition) is 1. The van der Waals surface area contributed by atoms with E-state index in [1.807, 2.05) is 39.3 Å². The second kappa shape index (κ2) is 9.89. The summed E-state index contributed by atoms with van der Waals surface area (Å²) in [6.45, 7) is 3.07. The fraction of sp³-hybridized carbons (Fsp3) is 0.455. The van der Waals surface area contributed by atoms with Crippen LogP contribution in [0, 0.1) is 12.7 Å². The Labute approximate surface area is 268 Å². The van der Waals surface area contributed by atoms with Crippen molar-refractivity contribution in [1.82, 2.24) is 39.2 Å². The van der Waals surface area contributed by atoms with Crippen LogP contribution in [-0.2, 0) is 21.6 Å². The number of pyridine rings is 1. The average molecular weight is 641 g/mol. The number of rotatable bonds is 3. The zero-order valence-corrected chi connectivity index (χ0v) is 26.3. The molecule has 4 aromatic heterocycles. The summed E-state index contributed by atoms with van der Waals surface area (Å²) in [6, 6.07) is 7.87. The number of alkyl halides is 1. The van der Waals surface area contributed by atoms with Gasteiger partial charge in [-0.3, -0.25) is 4.79 Å². The Morgan fingerprint density at radius 3 is 2.70 bits per heavy atom. The summed E-state index contributed by atoms with van der Waals surface area (Å²) in [5.74, 6) is 1.48. The number of nitrogens with one attached hydrogen (secondary N) is 1. The molecule has 5 aromatic rings. The van der Waals surface area contributed by atoms with Gasteiger partial charge in [0.25, 0.3) is 0 Å². The predicted molar refractivity (Wildman–Crippen MR) is 170 cm³/mol. The molecule has 3 saturated carbocycles. The van der Waals surface area contributed by atoms with E-state index in [1.165, 1.54) is 18.5 Å². The van der Waals surface area contributed by atoms with Gasteiger partial charge in [-0.1, -0.05) is 6.07 Å². The number of nitrogens with zero attached hydrogens (tertiary/aromatic N) is 9. The number of carbonyl (C=O) groups excluding carboxylic acids is 1. The van der Waals surface area contributed by atoms with E-state index in [2.05, 4.69) is 25.4 Å². The smallest absolute Gasteiger partial charge is 0.245 e. The maximum atomic E-state index is 14.9. The van der Waals surface area contributed by atoms with Crippen molar-refractivity contribution in [2.24, 2.45) is 0 Å². The van der Waals surface area contributed by atoms with Crippen LogP contribution in [0.25, 0.3) is 33.3 Å². The molecular formula is C33H34F2N10O2. The van der Waals surface area contributed by atoms with Crippen molar-refractivity contribution in [3.8, 4) is 11.3 Å². The molecule has 47 heavy (non-hydrogen) atoms. The van der Waals surface area contributed by atoms with Crippen LogP contribution in [0.4, 0.5) is 20.4 Å². The van der Waals surface area contributed by atoms with Crippen molar-refractivity contribution >= 4 is 39.6 Å². The highest BCUT2D eigenvalue weighted by molar-refractivity contribution is 5.93. The third-order valence-corrected chi connectivity index (χ3v) is 10.5. The van der Waals surface area contributed by atoms with Crippen molar-refractivity contribution < 1.29 is 18.3 Å². The number of amides is 1. The van der Waals surface area contributed by atoms with Crippen LogP contribution in [0.3, 0.4) is 0 Å². The van der Waals surface area contributed by atoms with Crippen molar-refractivity contribution in [3.05, 3.63) is 54.5 Å². The molecule has 242 valence electrons. The molecule has 3 atom stereocenters. The molecule has 1 amide bonds. The maximum Gasteiger partial charge on any atom is 0.245 e. The highest BCUT2D eigenvalue weighted by atomic mass is 19.1. The quantitative estimate of drug-likeness (QED) is 0.314. The number of fused-ring (bicyclic) bond motifs is 6. The standard InChI is InChI=1S/C33H34F2N10O2/c1-18-39-25-8-19(34)7-22-24-5-4-6-27(41-24)40-20-9-26(31(46)42(2)12-21(47-3)13-43(18)28(22)25)44(11-20)29-23-10-38-45(30(23)37-17-36-29)33-14-32(35,15-33)16-33/h4-8,10,17,20-21,26H,9,11-16H2,1-3H3,(H,40,41)/t20-,21-,26-,32?,33?/m0/s1. The lowest BCUT2D eigenvalue weighted by Crippen LogP contribution is -2.70. The first-order chi connectivity index (χ1) is 22.6. The SMILES string of the molecule is CO[C@H]1CN(C)C(=O)[C@@H]2C[C@@H](CN2c2ncnc3c2cnn3C23CC(F)(C2)C3)Nc2cccc(n2)-c2cc(F)cc3nc(C)n(c23)C1. The summed E-state index contributed by atoms with van der Waals surface area (Å²) < 4.78 is 39.2. The van der Waals surface area contributed by atoms with Crippen LogP contribution in [-0.4, -0.2) is 96.2 Å². The van der Waals surface area contributed by atoms with Crippen molar-refractivity contribution in [2.75, 3.05) is 37.5 Å². The molecule has 1 saturated heterocycles. The third-order valence-electron chi connectivity index (χ3n) is 10.5. The first-order valence-corrected chi connectivity index (χ1v) is 16.0. The van der Waals surface area contributed by atoms with Gasteiger partial charge < -0.3 is 24.4 Å². The van der Waals surface area contributed by atoms with Crippen LogP contribution in [0.5, 0.6) is 0 Å². The number of methoxy groups -OCH3 is 1. The van der Waals surface area contributed by atoms with Crippen LogP contribution in [0.1, 0.15) is 31.5 Å². The van der Waals surface area contributed by atoms with Crippen molar-refractivity contribution in [2.45, 2.75) is 68.5 Å². The van der Waals surface area contributed by atoms with Gasteiger partial charge in [-0.05, 0) is 31.5 Å².